The minimum Gasteiger partial charge on any atom is -0.358 e. The molecule has 4 heteroatoms. The Balaban J connectivity index is 3.36. The van der Waals surface area contributed by atoms with Crippen molar-refractivity contribution in [3.63, 3.8) is 0 Å². The maximum atomic E-state index is 4.85. The van der Waals surface area contributed by atoms with Crippen LogP contribution in [0.4, 0.5) is 0 Å². The molecule has 3 nitrogen and oxygen atoms in total. The standard InChI is InChI=1S/C7H13N3S/c1-3-5-8-7(11)10-9-6-4-2/h3,6H,1,4-5H2,2H3,(H2,8,10,11). The largest absolute Gasteiger partial charge is 0.358 e. The van der Waals surface area contributed by atoms with Gasteiger partial charge in [0.05, 0.1) is 0 Å². The zero-order valence-electron chi connectivity index (χ0n) is 6.63. The molecule has 0 heterocycles. The number of nitrogens with zero attached hydrogens (tertiary/aromatic N) is 1. The lowest BCUT2D eigenvalue weighted by Crippen LogP contribution is -2.31. The molecule has 2 N–H and O–H groups in total. The van der Waals surface area contributed by atoms with Crippen molar-refractivity contribution in [2.75, 3.05) is 6.54 Å². The van der Waals surface area contributed by atoms with Crippen LogP contribution >= 0.6 is 12.2 Å². The van der Waals surface area contributed by atoms with Crippen LogP contribution in [0.1, 0.15) is 13.3 Å². The van der Waals surface area contributed by atoms with E-state index in [-0.39, 0.29) is 0 Å². The highest BCUT2D eigenvalue weighted by Gasteiger charge is 1.86. The minimum absolute atomic E-state index is 0.523. The van der Waals surface area contributed by atoms with E-state index in [1.807, 2.05) is 6.92 Å². The molecule has 0 atom stereocenters. The van der Waals surface area contributed by atoms with Crippen LogP contribution in [0.2, 0.25) is 0 Å². The summed E-state index contributed by atoms with van der Waals surface area (Å²) in [6.07, 6.45) is 4.39. The second kappa shape index (κ2) is 7.21. The molecule has 0 unspecified atom stereocenters. The van der Waals surface area contributed by atoms with Gasteiger partial charge in [0.2, 0.25) is 0 Å². The lowest BCUT2D eigenvalue weighted by molar-refractivity contribution is 0.937. The van der Waals surface area contributed by atoms with Crippen LogP contribution in [-0.4, -0.2) is 17.9 Å². The van der Waals surface area contributed by atoms with E-state index in [4.69, 9.17) is 12.2 Å². The molecule has 0 aliphatic rings. The first-order valence-corrected chi connectivity index (χ1v) is 3.88. The maximum absolute atomic E-state index is 4.85. The van der Waals surface area contributed by atoms with Gasteiger partial charge in [0.15, 0.2) is 5.11 Å². The second-order valence-electron chi connectivity index (χ2n) is 1.83. The summed E-state index contributed by atoms with van der Waals surface area (Å²) in [7, 11) is 0. The normalized spacial score (nSPS) is 9.55. The van der Waals surface area contributed by atoms with E-state index in [1.54, 1.807) is 12.3 Å². The average Bonchev–Trinajstić information content (AvgIpc) is 2.01. The quantitative estimate of drug-likeness (QED) is 0.287. The van der Waals surface area contributed by atoms with Crippen molar-refractivity contribution in [3.05, 3.63) is 12.7 Å². The molecule has 0 spiro atoms. The van der Waals surface area contributed by atoms with Crippen LogP contribution in [0.25, 0.3) is 0 Å². The lowest BCUT2D eigenvalue weighted by Gasteiger charge is -2.02. The Morgan fingerprint density at radius 1 is 1.73 bits per heavy atom. The first-order valence-electron chi connectivity index (χ1n) is 3.47. The van der Waals surface area contributed by atoms with Crippen molar-refractivity contribution in [2.24, 2.45) is 5.10 Å². The molecule has 0 amide bonds. The monoisotopic (exact) mass is 171 g/mol. The van der Waals surface area contributed by atoms with Crippen molar-refractivity contribution < 1.29 is 0 Å². The first-order chi connectivity index (χ1) is 5.31. The van der Waals surface area contributed by atoms with Gasteiger partial charge in [-0.3, -0.25) is 5.43 Å². The highest BCUT2D eigenvalue weighted by molar-refractivity contribution is 7.80. The van der Waals surface area contributed by atoms with Crippen LogP contribution in [-0.2, 0) is 0 Å². The fourth-order valence-electron chi connectivity index (χ4n) is 0.400. The Labute approximate surface area is 72.6 Å². The number of nitrogens with one attached hydrogen (secondary N) is 2. The zero-order valence-corrected chi connectivity index (χ0v) is 7.45. The predicted octanol–water partition coefficient (Wildman–Crippen LogP) is 1.03. The number of hydrogen-bond donors (Lipinski definition) is 2. The Hall–Kier alpha value is -0.900. The van der Waals surface area contributed by atoms with E-state index in [2.05, 4.69) is 22.4 Å². The molecule has 0 rings (SSSR count). The zero-order chi connectivity index (χ0) is 8.53. The summed E-state index contributed by atoms with van der Waals surface area (Å²) in [5.41, 5.74) is 2.66. The van der Waals surface area contributed by atoms with Crippen molar-refractivity contribution in [1.82, 2.24) is 10.7 Å². The van der Waals surface area contributed by atoms with Gasteiger partial charge in [0.1, 0.15) is 0 Å². The molecular weight excluding hydrogens is 158 g/mol. The number of hydrazone groups is 1. The van der Waals surface area contributed by atoms with E-state index in [9.17, 15) is 0 Å². The number of hydrogen-bond acceptors (Lipinski definition) is 2. The van der Waals surface area contributed by atoms with Crippen LogP contribution in [0, 0.1) is 0 Å². The van der Waals surface area contributed by atoms with Crippen LogP contribution in [0.3, 0.4) is 0 Å². The van der Waals surface area contributed by atoms with Gasteiger partial charge < -0.3 is 5.32 Å². The molecule has 0 aromatic rings. The molecule has 0 saturated heterocycles. The Morgan fingerprint density at radius 2 is 2.45 bits per heavy atom. The van der Waals surface area contributed by atoms with Gasteiger partial charge >= 0.3 is 0 Å². The van der Waals surface area contributed by atoms with Crippen LogP contribution in [0.5, 0.6) is 0 Å². The van der Waals surface area contributed by atoms with Crippen molar-refractivity contribution in [3.8, 4) is 0 Å². The lowest BCUT2D eigenvalue weighted by atomic mass is 10.6. The molecule has 0 saturated carbocycles. The van der Waals surface area contributed by atoms with Gasteiger partial charge in [-0.25, -0.2) is 0 Å². The smallest absolute Gasteiger partial charge is 0.187 e. The van der Waals surface area contributed by atoms with Crippen LogP contribution in [0.15, 0.2) is 17.8 Å². The van der Waals surface area contributed by atoms with Crippen molar-refractivity contribution in [1.29, 1.82) is 0 Å². The summed E-state index contributed by atoms with van der Waals surface area (Å²) in [5, 5.41) is 7.23. The van der Waals surface area contributed by atoms with Gasteiger partial charge in [-0.15, -0.1) is 6.58 Å². The van der Waals surface area contributed by atoms with Gasteiger partial charge in [0.25, 0.3) is 0 Å². The molecule has 0 fully saturated rings. The van der Waals surface area contributed by atoms with Gasteiger partial charge in [-0.05, 0) is 18.6 Å². The third kappa shape index (κ3) is 6.99. The average molecular weight is 171 g/mol. The van der Waals surface area contributed by atoms with Crippen molar-refractivity contribution >= 4 is 23.5 Å². The molecular formula is C7H13N3S. The fraction of sp³-hybridized carbons (Fsp3) is 0.429. The van der Waals surface area contributed by atoms with E-state index >= 15 is 0 Å². The molecule has 0 bridgehead atoms. The number of rotatable bonds is 4. The summed E-state index contributed by atoms with van der Waals surface area (Å²) < 4.78 is 0. The summed E-state index contributed by atoms with van der Waals surface area (Å²) >= 11 is 4.85. The topological polar surface area (TPSA) is 36.4 Å². The number of thiocarbonyl (C=S) groups is 1. The fourth-order valence-corrected chi connectivity index (χ4v) is 0.536. The third-order valence-electron chi connectivity index (χ3n) is 0.847. The minimum atomic E-state index is 0.523. The predicted molar refractivity (Wildman–Crippen MR) is 52.7 cm³/mol. The molecule has 11 heavy (non-hydrogen) atoms. The highest BCUT2D eigenvalue weighted by Crippen LogP contribution is 1.69. The molecule has 0 aromatic carbocycles. The Kier molecular flexibility index (Phi) is 6.62. The summed E-state index contributed by atoms with van der Waals surface area (Å²) in [6.45, 7) is 6.21. The van der Waals surface area contributed by atoms with Gasteiger partial charge in [-0.2, -0.15) is 5.10 Å². The summed E-state index contributed by atoms with van der Waals surface area (Å²) in [6, 6.07) is 0. The third-order valence-corrected chi connectivity index (χ3v) is 1.08. The van der Waals surface area contributed by atoms with E-state index < -0.39 is 0 Å². The maximum Gasteiger partial charge on any atom is 0.187 e. The SMILES string of the molecule is C=CCNC(=S)NN=CCC. The van der Waals surface area contributed by atoms with E-state index in [0.29, 0.717) is 11.7 Å². The van der Waals surface area contributed by atoms with Crippen molar-refractivity contribution in [2.45, 2.75) is 13.3 Å². The molecule has 0 aromatic heterocycles. The molecule has 0 aliphatic heterocycles. The summed E-state index contributed by atoms with van der Waals surface area (Å²) in [5.74, 6) is 0. The highest BCUT2D eigenvalue weighted by atomic mass is 32.1. The van der Waals surface area contributed by atoms with E-state index in [1.165, 1.54) is 0 Å². The second-order valence-corrected chi connectivity index (χ2v) is 2.24. The first kappa shape index (κ1) is 10.1. The van der Waals surface area contributed by atoms with E-state index in [0.717, 1.165) is 6.42 Å². The molecule has 62 valence electrons. The van der Waals surface area contributed by atoms with Crippen LogP contribution < -0.4 is 10.7 Å². The molecule has 0 radical (unpaired) electrons. The van der Waals surface area contributed by atoms with Gasteiger partial charge in [-0.1, -0.05) is 13.0 Å². The Morgan fingerprint density at radius 3 is 3.00 bits per heavy atom. The Bertz CT molecular complexity index is 154. The van der Waals surface area contributed by atoms with Gasteiger partial charge in [0, 0.05) is 12.8 Å². The molecule has 0 aliphatic carbocycles. The summed E-state index contributed by atoms with van der Waals surface area (Å²) in [4.78, 5) is 0.